The van der Waals surface area contributed by atoms with Gasteiger partial charge in [-0.1, -0.05) is 54.2 Å². The van der Waals surface area contributed by atoms with Crippen LogP contribution in [0.15, 0.2) is 59.8 Å². The van der Waals surface area contributed by atoms with Gasteiger partial charge < -0.3 is 14.4 Å². The second-order valence-electron chi connectivity index (χ2n) is 7.69. The van der Waals surface area contributed by atoms with Gasteiger partial charge in [0.1, 0.15) is 5.82 Å². The minimum Gasteiger partial charge on any atom is -0.336 e. The number of hydrogen-bond acceptors (Lipinski definition) is 5. The first-order chi connectivity index (χ1) is 14.6. The molecular weight excluding hydrogens is 394 g/mol. The zero-order valence-corrected chi connectivity index (χ0v) is 18.3. The molecule has 0 spiro atoms. The molecule has 1 aliphatic heterocycles. The molecule has 0 atom stereocenters. The van der Waals surface area contributed by atoms with Gasteiger partial charge in [-0.2, -0.15) is 0 Å². The van der Waals surface area contributed by atoms with Gasteiger partial charge in [0, 0.05) is 37.5 Å². The van der Waals surface area contributed by atoms with Gasteiger partial charge in [0.05, 0.1) is 6.54 Å². The van der Waals surface area contributed by atoms with Crippen molar-refractivity contribution < 1.29 is 4.79 Å². The van der Waals surface area contributed by atoms with Crippen molar-refractivity contribution in [2.45, 2.75) is 24.4 Å². The quantitative estimate of drug-likeness (QED) is 0.572. The molecule has 6 nitrogen and oxygen atoms in total. The van der Waals surface area contributed by atoms with Crippen molar-refractivity contribution in [2.24, 2.45) is 0 Å². The van der Waals surface area contributed by atoms with Crippen molar-refractivity contribution in [1.29, 1.82) is 0 Å². The van der Waals surface area contributed by atoms with Gasteiger partial charge in [-0.15, -0.1) is 10.2 Å². The summed E-state index contributed by atoms with van der Waals surface area (Å²) in [6, 6.07) is 18.3. The predicted octanol–water partition coefficient (Wildman–Crippen LogP) is 3.31. The number of aromatic nitrogens is 3. The summed E-state index contributed by atoms with van der Waals surface area (Å²) in [5.41, 5.74) is 3.11. The number of carbonyl (C=O) groups is 1. The number of aryl methyl sites for hydroxylation is 1. The first-order valence-electron chi connectivity index (χ1n) is 10.2. The number of piperazine rings is 1. The van der Waals surface area contributed by atoms with Crippen molar-refractivity contribution in [3.8, 4) is 0 Å². The van der Waals surface area contributed by atoms with E-state index in [1.807, 2.05) is 48.2 Å². The molecule has 30 heavy (non-hydrogen) atoms. The fourth-order valence-corrected chi connectivity index (χ4v) is 4.48. The van der Waals surface area contributed by atoms with Crippen LogP contribution in [0.1, 0.15) is 27.3 Å². The normalized spacial score (nSPS) is 14.8. The van der Waals surface area contributed by atoms with Crippen molar-refractivity contribution in [3.05, 3.63) is 77.1 Å². The van der Waals surface area contributed by atoms with E-state index in [1.54, 1.807) is 11.8 Å². The third-order valence-electron chi connectivity index (χ3n) is 5.42. The lowest BCUT2D eigenvalue weighted by Crippen LogP contribution is -2.47. The average Bonchev–Trinajstić information content (AvgIpc) is 3.12. The summed E-state index contributed by atoms with van der Waals surface area (Å²) < 4.78 is 2.14. The minimum absolute atomic E-state index is 0.123. The molecule has 1 amide bonds. The monoisotopic (exact) mass is 421 g/mol. The van der Waals surface area contributed by atoms with Crippen LogP contribution in [0.25, 0.3) is 0 Å². The van der Waals surface area contributed by atoms with Crippen molar-refractivity contribution in [3.63, 3.8) is 0 Å². The van der Waals surface area contributed by atoms with Crippen molar-refractivity contribution >= 4 is 17.7 Å². The summed E-state index contributed by atoms with van der Waals surface area (Å²) in [6.45, 7) is 6.17. The Hall–Kier alpha value is -2.64. The van der Waals surface area contributed by atoms with E-state index in [-0.39, 0.29) is 5.91 Å². The number of carbonyl (C=O) groups excluding carboxylic acids is 1. The summed E-state index contributed by atoms with van der Waals surface area (Å²) in [5, 5.41) is 9.52. The van der Waals surface area contributed by atoms with Crippen LogP contribution in [0.4, 0.5) is 0 Å². The number of thioether (sulfide) groups is 1. The van der Waals surface area contributed by atoms with Crippen LogP contribution in [0, 0.1) is 6.92 Å². The summed E-state index contributed by atoms with van der Waals surface area (Å²) in [4.78, 5) is 17.1. The number of nitrogens with zero attached hydrogens (tertiary/aromatic N) is 5. The topological polar surface area (TPSA) is 54.3 Å². The molecule has 7 heteroatoms. The highest BCUT2D eigenvalue weighted by Crippen LogP contribution is 2.23. The maximum atomic E-state index is 12.9. The Bertz CT molecular complexity index is 996. The lowest BCUT2D eigenvalue weighted by molar-refractivity contribution is 0.0664. The highest BCUT2D eigenvalue weighted by atomic mass is 32.2. The van der Waals surface area contributed by atoms with Gasteiger partial charge in [0.2, 0.25) is 0 Å². The molecule has 2 heterocycles. The maximum absolute atomic E-state index is 12.9. The Balaban J connectivity index is 1.42. The summed E-state index contributed by atoms with van der Waals surface area (Å²) in [5.74, 6) is 1.77. The van der Waals surface area contributed by atoms with Crippen LogP contribution in [-0.4, -0.2) is 63.7 Å². The van der Waals surface area contributed by atoms with E-state index in [2.05, 4.69) is 44.9 Å². The Kier molecular flexibility index (Phi) is 6.50. The SMILES string of the molecule is Cc1nnc(SCc2cccc(C(=O)N3CCN(C)CC3)c2)n1Cc1ccccc1. The minimum atomic E-state index is 0.123. The molecule has 156 valence electrons. The Labute approximate surface area is 181 Å². The Morgan fingerprint density at radius 1 is 0.967 bits per heavy atom. The second kappa shape index (κ2) is 9.45. The molecule has 1 aliphatic rings. The van der Waals surface area contributed by atoms with Gasteiger partial charge in [-0.05, 0) is 37.2 Å². The first-order valence-corrected chi connectivity index (χ1v) is 11.2. The van der Waals surface area contributed by atoms with Gasteiger partial charge in [-0.3, -0.25) is 4.79 Å². The average molecular weight is 422 g/mol. The Morgan fingerprint density at radius 3 is 2.47 bits per heavy atom. The van der Waals surface area contributed by atoms with Crippen molar-refractivity contribution in [2.75, 3.05) is 33.2 Å². The number of rotatable bonds is 6. The molecule has 0 aliphatic carbocycles. The largest absolute Gasteiger partial charge is 0.336 e. The van der Waals surface area contributed by atoms with E-state index in [0.717, 1.165) is 60.6 Å². The molecule has 4 rings (SSSR count). The smallest absolute Gasteiger partial charge is 0.253 e. The maximum Gasteiger partial charge on any atom is 0.253 e. The summed E-state index contributed by atoms with van der Waals surface area (Å²) >= 11 is 1.65. The molecule has 0 unspecified atom stereocenters. The first kappa shape index (κ1) is 20.6. The molecule has 0 bridgehead atoms. The highest BCUT2D eigenvalue weighted by Gasteiger charge is 2.20. The van der Waals surface area contributed by atoms with Gasteiger partial charge in [0.15, 0.2) is 5.16 Å². The molecule has 0 radical (unpaired) electrons. The number of amides is 1. The predicted molar refractivity (Wildman–Crippen MR) is 120 cm³/mol. The van der Waals surface area contributed by atoms with E-state index in [4.69, 9.17) is 0 Å². The van der Waals surface area contributed by atoms with Gasteiger partial charge in [-0.25, -0.2) is 0 Å². The molecule has 3 aromatic rings. The molecule has 0 saturated carbocycles. The van der Waals surface area contributed by atoms with E-state index in [0.29, 0.717) is 0 Å². The van der Waals surface area contributed by atoms with Crippen molar-refractivity contribution in [1.82, 2.24) is 24.6 Å². The summed E-state index contributed by atoms with van der Waals surface area (Å²) in [6.07, 6.45) is 0. The van der Waals surface area contributed by atoms with Gasteiger partial charge in [0.25, 0.3) is 5.91 Å². The molecule has 1 aromatic heterocycles. The van der Waals surface area contributed by atoms with E-state index in [1.165, 1.54) is 5.56 Å². The zero-order valence-electron chi connectivity index (χ0n) is 17.5. The standard InChI is InChI=1S/C23H27N5OS/c1-18-24-25-23(28(18)16-19-7-4-3-5-8-19)30-17-20-9-6-10-21(15-20)22(29)27-13-11-26(2)12-14-27/h3-10,15H,11-14,16-17H2,1-2H3. The van der Waals surface area contributed by atoms with Crippen LogP contribution in [-0.2, 0) is 12.3 Å². The highest BCUT2D eigenvalue weighted by molar-refractivity contribution is 7.98. The van der Waals surface area contributed by atoms with Crippen LogP contribution >= 0.6 is 11.8 Å². The van der Waals surface area contributed by atoms with Gasteiger partial charge >= 0.3 is 0 Å². The van der Waals surface area contributed by atoms with Crippen LogP contribution in [0.2, 0.25) is 0 Å². The molecular formula is C23H27N5OS. The zero-order chi connectivity index (χ0) is 20.9. The third kappa shape index (κ3) is 4.91. The number of likely N-dealkylation sites (N-methyl/N-ethyl adjacent to an activating group) is 1. The number of benzene rings is 2. The fraction of sp³-hybridized carbons (Fsp3) is 0.348. The van der Waals surface area contributed by atoms with Crippen LogP contribution in [0.3, 0.4) is 0 Å². The molecule has 1 fully saturated rings. The van der Waals surface area contributed by atoms with E-state index >= 15 is 0 Å². The van der Waals surface area contributed by atoms with Crippen LogP contribution < -0.4 is 0 Å². The fourth-order valence-electron chi connectivity index (χ4n) is 3.55. The third-order valence-corrected chi connectivity index (χ3v) is 6.46. The number of hydrogen-bond donors (Lipinski definition) is 0. The second-order valence-corrected chi connectivity index (χ2v) is 8.63. The molecule has 2 aromatic carbocycles. The Morgan fingerprint density at radius 2 is 1.70 bits per heavy atom. The van der Waals surface area contributed by atoms with E-state index in [9.17, 15) is 4.79 Å². The molecule has 1 saturated heterocycles. The summed E-state index contributed by atoms with van der Waals surface area (Å²) in [7, 11) is 2.10. The molecule has 0 N–H and O–H groups in total. The van der Waals surface area contributed by atoms with E-state index < -0.39 is 0 Å². The lowest BCUT2D eigenvalue weighted by atomic mass is 10.1. The lowest BCUT2D eigenvalue weighted by Gasteiger charge is -2.32. The van der Waals surface area contributed by atoms with Crippen LogP contribution in [0.5, 0.6) is 0 Å².